The van der Waals surface area contributed by atoms with Crippen LogP contribution < -0.4 is 9.79 Å². The highest BCUT2D eigenvalue weighted by Crippen LogP contribution is 2.45. The van der Waals surface area contributed by atoms with Gasteiger partial charge in [-0.15, -0.1) is 0 Å². The normalized spacial score (nSPS) is 36.3. The Morgan fingerprint density at radius 2 is 1.47 bits per heavy atom. The Morgan fingerprint density at radius 3 is 2.07 bits per heavy atom. The van der Waals surface area contributed by atoms with E-state index in [0.717, 1.165) is 0 Å². The second-order valence-electron chi connectivity index (χ2n) is 7.91. The van der Waals surface area contributed by atoms with Crippen LogP contribution in [0, 0.1) is 11.8 Å². The molecule has 2 rings (SSSR count). The average molecular weight is 476 g/mol. The van der Waals surface area contributed by atoms with Crippen LogP contribution in [0.15, 0.2) is 0 Å². The molecule has 12 nitrogen and oxygen atoms in total. The Kier molecular flexibility index (Phi) is 9.46. The van der Waals surface area contributed by atoms with E-state index in [1.54, 1.807) is 0 Å². The minimum atomic E-state index is -4.92. The largest absolute Gasteiger partial charge is 0.756 e. The zero-order valence-electron chi connectivity index (χ0n) is 17.3. The van der Waals surface area contributed by atoms with Crippen molar-refractivity contribution in [1.82, 2.24) is 0 Å². The lowest BCUT2D eigenvalue weighted by Crippen LogP contribution is -2.37. The molecular weight excluding hydrogens is 446 g/mol. The zero-order valence-corrected chi connectivity index (χ0v) is 19.1. The summed E-state index contributed by atoms with van der Waals surface area (Å²) in [7, 11) is -9.55. The minimum absolute atomic E-state index is 0.0329. The van der Waals surface area contributed by atoms with Gasteiger partial charge >= 0.3 is 0 Å². The van der Waals surface area contributed by atoms with Crippen molar-refractivity contribution in [3.8, 4) is 0 Å². The molecule has 2 N–H and O–H groups in total. The highest BCUT2D eigenvalue weighted by atomic mass is 31.2. The molecule has 4 unspecified atom stereocenters. The van der Waals surface area contributed by atoms with E-state index >= 15 is 0 Å². The monoisotopic (exact) mass is 476 g/mol. The molecule has 8 atom stereocenters. The van der Waals surface area contributed by atoms with Gasteiger partial charge in [-0.3, -0.25) is 9.13 Å². The first-order valence-electron chi connectivity index (χ1n) is 9.68. The van der Waals surface area contributed by atoms with Gasteiger partial charge in [-0.25, -0.2) is 0 Å². The van der Waals surface area contributed by atoms with Gasteiger partial charge in [0.2, 0.25) is 0 Å². The molecule has 0 aromatic heterocycles. The summed E-state index contributed by atoms with van der Waals surface area (Å²) in [6, 6.07) is 0. The van der Waals surface area contributed by atoms with Gasteiger partial charge in [0.05, 0.1) is 44.7 Å². The van der Waals surface area contributed by atoms with Crippen molar-refractivity contribution in [2.45, 2.75) is 64.3 Å². The highest BCUT2D eigenvalue weighted by molar-refractivity contribution is 7.46. The molecule has 0 radical (unpaired) electrons. The zero-order chi connectivity index (χ0) is 22.7. The van der Waals surface area contributed by atoms with E-state index in [1.807, 2.05) is 13.8 Å². The van der Waals surface area contributed by atoms with Crippen molar-refractivity contribution >= 4 is 15.6 Å². The molecule has 2 aliphatic rings. The van der Waals surface area contributed by atoms with Gasteiger partial charge in [0.25, 0.3) is 15.6 Å². The number of hydrogen-bond acceptors (Lipinski definition) is 12. The van der Waals surface area contributed by atoms with Gasteiger partial charge in [-0.2, -0.15) is 0 Å². The van der Waals surface area contributed by atoms with E-state index in [-0.39, 0.29) is 31.7 Å². The van der Waals surface area contributed by atoms with Crippen molar-refractivity contribution in [3.05, 3.63) is 0 Å². The van der Waals surface area contributed by atoms with Crippen LogP contribution in [0.2, 0.25) is 0 Å². The van der Waals surface area contributed by atoms with Gasteiger partial charge < -0.3 is 47.6 Å². The van der Waals surface area contributed by atoms with E-state index in [1.165, 1.54) is 13.8 Å². The summed E-state index contributed by atoms with van der Waals surface area (Å²) in [5.41, 5.74) is 0. The molecule has 2 fully saturated rings. The van der Waals surface area contributed by atoms with E-state index in [9.17, 15) is 29.1 Å². The molecule has 30 heavy (non-hydrogen) atoms. The van der Waals surface area contributed by atoms with Crippen LogP contribution in [0.4, 0.5) is 0 Å². The van der Waals surface area contributed by atoms with E-state index in [2.05, 4.69) is 4.52 Å². The SMILES string of the molecule is CC(C)OP(=O)([O-])OC[C@H]1OC[C@H](O)C1OP(=O)([O-])OC[C@H]1OC[C@H](O)C1C(C)C. The van der Waals surface area contributed by atoms with Crippen molar-refractivity contribution in [2.24, 2.45) is 11.8 Å². The summed E-state index contributed by atoms with van der Waals surface area (Å²) >= 11 is 0. The number of aliphatic hydroxyl groups excluding tert-OH is 2. The Hall–Kier alpha value is 0.0600. The first-order valence-corrected chi connectivity index (χ1v) is 12.6. The summed E-state index contributed by atoms with van der Waals surface area (Å²) in [4.78, 5) is 23.9. The molecule has 0 aliphatic carbocycles. The maximum atomic E-state index is 12.3. The lowest BCUT2D eigenvalue weighted by Gasteiger charge is -2.32. The highest BCUT2D eigenvalue weighted by Gasteiger charge is 2.42. The van der Waals surface area contributed by atoms with Crippen LogP contribution in [-0.2, 0) is 36.7 Å². The van der Waals surface area contributed by atoms with Crippen LogP contribution >= 0.6 is 15.6 Å². The lowest BCUT2D eigenvalue weighted by atomic mass is 9.88. The molecule has 0 saturated carbocycles. The molecule has 178 valence electrons. The van der Waals surface area contributed by atoms with Crippen LogP contribution in [0.25, 0.3) is 0 Å². The third kappa shape index (κ3) is 7.58. The fourth-order valence-corrected chi connectivity index (χ4v) is 5.33. The summed E-state index contributed by atoms with van der Waals surface area (Å²) in [5, 5.41) is 19.9. The quantitative estimate of drug-likeness (QED) is 0.368. The second kappa shape index (κ2) is 10.8. The summed E-state index contributed by atoms with van der Waals surface area (Å²) < 4.78 is 53.6. The molecule has 0 bridgehead atoms. The Morgan fingerprint density at radius 1 is 0.933 bits per heavy atom. The summed E-state index contributed by atoms with van der Waals surface area (Å²) in [6.45, 7) is 5.56. The van der Waals surface area contributed by atoms with E-state index in [0.29, 0.717) is 0 Å². The smallest absolute Gasteiger partial charge is 0.268 e. The van der Waals surface area contributed by atoms with E-state index in [4.69, 9.17) is 23.0 Å². The predicted octanol–water partition coefficient (Wildman–Crippen LogP) is -0.442. The molecule has 2 heterocycles. The molecule has 0 aromatic rings. The van der Waals surface area contributed by atoms with Crippen molar-refractivity contribution in [1.29, 1.82) is 0 Å². The standard InChI is InChI=1S/C16H32O12P2/c1-9(2)15-11(17)5-23-13(15)7-25-30(21,22)28-16-12(18)6-24-14(16)8-26-29(19,20)27-10(3)4/h9-18H,5-8H2,1-4H3,(H,19,20)(H,21,22)/p-2/t11-,12-,13+,14+,15?,16?/m0/s1. The van der Waals surface area contributed by atoms with Crippen LogP contribution in [-0.4, -0.2) is 73.3 Å². The molecule has 0 amide bonds. The number of phosphoric ester groups is 2. The van der Waals surface area contributed by atoms with Gasteiger partial charge in [0.1, 0.15) is 18.3 Å². The molecule has 14 heteroatoms. The van der Waals surface area contributed by atoms with Crippen molar-refractivity contribution in [2.75, 3.05) is 26.4 Å². The first-order chi connectivity index (χ1) is 13.8. The Bertz CT molecular complexity index is 644. The maximum absolute atomic E-state index is 12.3. The lowest BCUT2D eigenvalue weighted by molar-refractivity contribution is -0.237. The van der Waals surface area contributed by atoms with Gasteiger partial charge in [-0.1, -0.05) is 13.8 Å². The Labute approximate surface area is 175 Å². The van der Waals surface area contributed by atoms with Gasteiger partial charge in [0.15, 0.2) is 0 Å². The van der Waals surface area contributed by atoms with Gasteiger partial charge in [0, 0.05) is 5.92 Å². The third-order valence-electron chi connectivity index (χ3n) is 4.74. The summed E-state index contributed by atoms with van der Waals surface area (Å²) in [5.74, 6) is -0.274. The summed E-state index contributed by atoms with van der Waals surface area (Å²) in [6.07, 6.45) is -5.96. The average Bonchev–Trinajstić information content (AvgIpc) is 3.13. The Balaban J connectivity index is 1.91. The number of ether oxygens (including phenoxy) is 2. The molecule has 2 saturated heterocycles. The second-order valence-corrected chi connectivity index (χ2v) is 10.6. The van der Waals surface area contributed by atoms with Crippen LogP contribution in [0.3, 0.4) is 0 Å². The van der Waals surface area contributed by atoms with Crippen molar-refractivity contribution < 1.29 is 56.7 Å². The molecule has 0 aromatic carbocycles. The number of aliphatic hydroxyl groups is 2. The maximum Gasteiger partial charge on any atom is 0.268 e. The molecule has 0 spiro atoms. The van der Waals surface area contributed by atoms with Crippen LogP contribution in [0.5, 0.6) is 0 Å². The molecule has 2 aliphatic heterocycles. The minimum Gasteiger partial charge on any atom is -0.756 e. The predicted molar refractivity (Wildman–Crippen MR) is 98.0 cm³/mol. The van der Waals surface area contributed by atoms with E-state index < -0.39 is 58.9 Å². The third-order valence-corrected chi connectivity index (χ3v) is 6.85. The number of phosphoric acid groups is 2. The van der Waals surface area contributed by atoms with Gasteiger partial charge in [-0.05, 0) is 19.8 Å². The number of rotatable bonds is 11. The topological polar surface area (TPSA) is 176 Å². The molecular formula is C16H30O12P2-2. The fraction of sp³-hybridized carbons (Fsp3) is 1.00. The first kappa shape index (κ1) is 26.3. The van der Waals surface area contributed by atoms with Crippen molar-refractivity contribution in [3.63, 3.8) is 0 Å². The fourth-order valence-electron chi connectivity index (χ4n) is 3.46. The number of hydrogen-bond donors (Lipinski definition) is 2. The van der Waals surface area contributed by atoms with Crippen LogP contribution in [0.1, 0.15) is 27.7 Å².